The Balaban J connectivity index is 1.48. The van der Waals surface area contributed by atoms with Crippen LogP contribution in [-0.4, -0.2) is 37.1 Å². The fourth-order valence-corrected chi connectivity index (χ4v) is 3.88. The summed E-state index contributed by atoms with van der Waals surface area (Å²) >= 11 is 0. The van der Waals surface area contributed by atoms with Gasteiger partial charge >= 0.3 is 0 Å². The van der Waals surface area contributed by atoms with Crippen molar-refractivity contribution >= 4 is 11.6 Å². The molecule has 1 atom stereocenters. The second kappa shape index (κ2) is 7.47. The lowest BCUT2D eigenvalue weighted by molar-refractivity contribution is -0.119. The molecule has 0 bridgehead atoms. The van der Waals surface area contributed by atoms with Gasteiger partial charge in [-0.25, -0.2) is 8.78 Å². The number of amides is 1. The van der Waals surface area contributed by atoms with Crippen molar-refractivity contribution < 1.29 is 13.6 Å². The first-order chi connectivity index (χ1) is 11.5. The number of carbonyl (C=O) groups is 1. The molecule has 3 rings (SSSR count). The summed E-state index contributed by atoms with van der Waals surface area (Å²) in [4.78, 5) is 13.1. The van der Waals surface area contributed by atoms with Gasteiger partial charge in [-0.2, -0.15) is 0 Å². The summed E-state index contributed by atoms with van der Waals surface area (Å²) in [5.41, 5.74) is 0.482. The average Bonchev–Trinajstić information content (AvgIpc) is 2.97. The van der Waals surface area contributed by atoms with Gasteiger partial charge in [0.25, 0.3) is 0 Å². The summed E-state index contributed by atoms with van der Waals surface area (Å²) in [5, 5.41) is 6.66. The molecule has 0 aromatic heterocycles. The molecule has 1 saturated heterocycles. The lowest BCUT2D eigenvalue weighted by Gasteiger charge is -2.31. The third-order valence-corrected chi connectivity index (χ3v) is 5.04. The highest BCUT2D eigenvalue weighted by Gasteiger charge is 2.28. The Morgan fingerprint density at radius 2 is 1.79 bits per heavy atom. The Labute approximate surface area is 141 Å². The molecule has 2 fully saturated rings. The zero-order chi connectivity index (χ0) is 17.1. The van der Waals surface area contributed by atoms with E-state index in [2.05, 4.69) is 10.6 Å². The topological polar surface area (TPSA) is 44.4 Å². The number of hydrogen-bond acceptors (Lipinski definition) is 3. The van der Waals surface area contributed by atoms with Crippen LogP contribution < -0.4 is 15.5 Å². The fourth-order valence-electron chi connectivity index (χ4n) is 3.88. The largest absolute Gasteiger partial charge is 0.368 e. The van der Waals surface area contributed by atoms with Crippen molar-refractivity contribution in [2.75, 3.05) is 18.0 Å². The first kappa shape index (κ1) is 17.1. The van der Waals surface area contributed by atoms with Crippen molar-refractivity contribution in [1.29, 1.82) is 0 Å². The molecule has 2 aliphatic rings. The molecule has 1 unspecified atom stereocenters. The van der Waals surface area contributed by atoms with Crippen LogP contribution in [0.1, 0.15) is 39.0 Å². The maximum absolute atomic E-state index is 13.9. The van der Waals surface area contributed by atoms with Crippen molar-refractivity contribution in [3.63, 3.8) is 0 Å². The summed E-state index contributed by atoms with van der Waals surface area (Å²) in [7, 11) is 0. The van der Waals surface area contributed by atoms with E-state index in [0.29, 0.717) is 23.8 Å². The van der Waals surface area contributed by atoms with Crippen LogP contribution in [0.5, 0.6) is 0 Å². The number of carbonyl (C=O) groups excluding carboxylic acids is 1. The fraction of sp³-hybridized carbons (Fsp3) is 0.611. The van der Waals surface area contributed by atoms with Crippen LogP contribution in [0.25, 0.3) is 0 Å². The van der Waals surface area contributed by atoms with E-state index in [-0.39, 0.29) is 5.91 Å². The van der Waals surface area contributed by atoms with Gasteiger partial charge in [-0.05, 0) is 44.2 Å². The van der Waals surface area contributed by atoms with E-state index < -0.39 is 11.6 Å². The van der Waals surface area contributed by atoms with E-state index in [9.17, 15) is 13.6 Å². The Kier molecular flexibility index (Phi) is 5.33. The van der Waals surface area contributed by atoms with Crippen LogP contribution in [0.2, 0.25) is 0 Å². The van der Waals surface area contributed by atoms with Crippen molar-refractivity contribution in [1.82, 2.24) is 10.6 Å². The van der Waals surface area contributed by atoms with Gasteiger partial charge in [0.1, 0.15) is 11.6 Å². The summed E-state index contributed by atoms with van der Waals surface area (Å²) in [6, 6.07) is 4.86. The highest BCUT2D eigenvalue weighted by atomic mass is 19.1. The molecule has 1 aliphatic carbocycles. The predicted molar refractivity (Wildman–Crippen MR) is 90.0 cm³/mol. The number of anilines is 1. The van der Waals surface area contributed by atoms with E-state index in [0.717, 1.165) is 51.3 Å². The van der Waals surface area contributed by atoms with Gasteiger partial charge < -0.3 is 15.5 Å². The number of nitrogens with zero attached hydrogens (tertiary/aromatic N) is 1. The maximum Gasteiger partial charge on any atom is 0.217 e. The van der Waals surface area contributed by atoms with Crippen LogP contribution in [0.3, 0.4) is 0 Å². The van der Waals surface area contributed by atoms with E-state index in [4.69, 9.17) is 0 Å². The van der Waals surface area contributed by atoms with Gasteiger partial charge in [0.05, 0.1) is 5.69 Å². The number of benzene rings is 1. The van der Waals surface area contributed by atoms with Crippen molar-refractivity contribution in [3.05, 3.63) is 29.8 Å². The molecule has 1 aromatic rings. The molecule has 2 N–H and O–H groups in total. The van der Waals surface area contributed by atoms with Gasteiger partial charge in [0, 0.05) is 44.2 Å². The molecule has 6 heteroatoms. The summed E-state index contributed by atoms with van der Waals surface area (Å²) in [6.45, 7) is 3.08. The van der Waals surface area contributed by atoms with Gasteiger partial charge in [0.15, 0.2) is 0 Å². The molecule has 0 spiro atoms. The highest BCUT2D eigenvalue weighted by molar-refractivity contribution is 5.73. The molecular weight excluding hydrogens is 312 g/mol. The molecule has 1 heterocycles. The van der Waals surface area contributed by atoms with E-state index in [1.807, 2.05) is 4.90 Å². The zero-order valence-electron chi connectivity index (χ0n) is 14.0. The molecular formula is C18H25F2N3O. The second-order valence-electron chi connectivity index (χ2n) is 6.94. The molecule has 1 saturated carbocycles. The van der Waals surface area contributed by atoms with Crippen molar-refractivity contribution in [2.24, 2.45) is 0 Å². The Morgan fingerprint density at radius 3 is 2.46 bits per heavy atom. The van der Waals surface area contributed by atoms with E-state index in [1.54, 1.807) is 6.92 Å². The van der Waals surface area contributed by atoms with Crippen LogP contribution in [0.15, 0.2) is 18.2 Å². The third-order valence-electron chi connectivity index (χ3n) is 5.04. The average molecular weight is 337 g/mol. The lowest BCUT2D eigenvalue weighted by atomic mass is 9.90. The Bertz CT molecular complexity index is 588. The lowest BCUT2D eigenvalue weighted by Crippen LogP contribution is -2.45. The minimum Gasteiger partial charge on any atom is -0.368 e. The normalized spacial score (nSPS) is 27.3. The van der Waals surface area contributed by atoms with E-state index in [1.165, 1.54) is 12.1 Å². The first-order valence-corrected chi connectivity index (χ1v) is 8.74. The highest BCUT2D eigenvalue weighted by Crippen LogP contribution is 2.26. The maximum atomic E-state index is 13.9. The molecule has 1 aromatic carbocycles. The molecule has 0 radical (unpaired) electrons. The monoisotopic (exact) mass is 337 g/mol. The van der Waals surface area contributed by atoms with Crippen LogP contribution >= 0.6 is 0 Å². The van der Waals surface area contributed by atoms with Crippen LogP contribution in [-0.2, 0) is 4.79 Å². The predicted octanol–water partition coefficient (Wildman–Crippen LogP) is 2.58. The third kappa shape index (κ3) is 4.23. The number of halogens is 2. The smallest absolute Gasteiger partial charge is 0.217 e. The quantitative estimate of drug-likeness (QED) is 0.888. The molecule has 4 nitrogen and oxygen atoms in total. The molecule has 1 amide bonds. The Morgan fingerprint density at radius 1 is 1.08 bits per heavy atom. The second-order valence-corrected chi connectivity index (χ2v) is 6.94. The zero-order valence-corrected chi connectivity index (χ0v) is 14.0. The molecule has 132 valence electrons. The van der Waals surface area contributed by atoms with Crippen LogP contribution in [0.4, 0.5) is 14.5 Å². The number of nitrogens with one attached hydrogen (secondary N) is 2. The van der Waals surface area contributed by atoms with Crippen LogP contribution in [0, 0.1) is 11.6 Å². The standard InChI is InChI=1S/C18H25F2N3O/c1-12(24)21-14-3-5-15(6-4-14)22-16-8-9-23(11-16)18-7-2-13(19)10-17(18)20/h2,7,10,14-16,22H,3-6,8-9,11H2,1H3,(H,21,24). The summed E-state index contributed by atoms with van der Waals surface area (Å²) < 4.78 is 26.9. The molecule has 24 heavy (non-hydrogen) atoms. The van der Waals surface area contributed by atoms with Crippen molar-refractivity contribution in [3.8, 4) is 0 Å². The van der Waals surface area contributed by atoms with Gasteiger partial charge in [0.2, 0.25) is 5.91 Å². The number of hydrogen-bond donors (Lipinski definition) is 2. The van der Waals surface area contributed by atoms with Gasteiger partial charge in [-0.1, -0.05) is 0 Å². The Hall–Kier alpha value is -1.69. The summed E-state index contributed by atoms with van der Waals surface area (Å²) in [5.74, 6) is -0.994. The van der Waals surface area contributed by atoms with Crippen molar-refractivity contribution in [2.45, 2.75) is 57.2 Å². The van der Waals surface area contributed by atoms with E-state index >= 15 is 0 Å². The SMILES string of the molecule is CC(=O)NC1CCC(NC2CCN(c3ccc(F)cc3F)C2)CC1. The minimum absolute atomic E-state index is 0.0409. The molecule has 1 aliphatic heterocycles. The van der Waals surface area contributed by atoms with Gasteiger partial charge in [-0.15, -0.1) is 0 Å². The van der Waals surface area contributed by atoms with Gasteiger partial charge in [-0.3, -0.25) is 4.79 Å². The summed E-state index contributed by atoms with van der Waals surface area (Å²) in [6.07, 6.45) is 5.06. The first-order valence-electron chi connectivity index (χ1n) is 8.74. The number of rotatable bonds is 4. The minimum atomic E-state index is -0.541.